The number of aromatic nitrogens is 4. The van der Waals surface area contributed by atoms with Gasteiger partial charge in [-0.2, -0.15) is 8.99 Å². The van der Waals surface area contributed by atoms with E-state index >= 15 is 0 Å². The number of hydrogen-bond donors (Lipinski definition) is 0. The predicted molar refractivity (Wildman–Crippen MR) is 100 cm³/mol. The summed E-state index contributed by atoms with van der Waals surface area (Å²) in [6, 6.07) is 8.26. The first-order valence-electron chi connectivity index (χ1n) is 8.94. The van der Waals surface area contributed by atoms with Gasteiger partial charge in [-0.25, -0.2) is 17.2 Å². The number of piperazine rings is 1. The molecule has 2 aromatic carbocycles. The van der Waals surface area contributed by atoms with Gasteiger partial charge in [0.2, 0.25) is 10.0 Å². The van der Waals surface area contributed by atoms with Gasteiger partial charge in [0.1, 0.15) is 18.0 Å². The number of carbonyl (C=O) groups is 1. The Kier molecular flexibility index (Phi) is 5.26. The molecule has 0 spiro atoms. The zero-order valence-electron chi connectivity index (χ0n) is 15.5. The third-order valence-corrected chi connectivity index (χ3v) is 6.67. The molecule has 0 atom stereocenters. The fraction of sp³-hybridized carbons (Fsp3) is 0.222. The Balaban J connectivity index is 1.52. The van der Waals surface area contributed by atoms with Crippen LogP contribution < -0.4 is 0 Å². The third-order valence-electron chi connectivity index (χ3n) is 4.76. The summed E-state index contributed by atoms with van der Waals surface area (Å²) in [7, 11) is -3.80. The Hall–Kier alpha value is -3.25. The van der Waals surface area contributed by atoms with Crippen molar-refractivity contribution in [1.82, 2.24) is 29.4 Å². The van der Waals surface area contributed by atoms with Crippen LogP contribution in [-0.2, 0) is 10.0 Å². The lowest BCUT2D eigenvalue weighted by Crippen LogP contribution is -2.50. The molecule has 4 rings (SSSR count). The van der Waals surface area contributed by atoms with Crippen molar-refractivity contribution < 1.29 is 22.0 Å². The number of hydrogen-bond acceptors (Lipinski definition) is 6. The second kappa shape index (κ2) is 7.88. The van der Waals surface area contributed by atoms with E-state index in [1.807, 2.05) is 0 Å². The molecule has 0 aliphatic carbocycles. The first kappa shape index (κ1) is 20.0. The smallest absolute Gasteiger partial charge is 0.256 e. The Morgan fingerprint density at radius 2 is 1.60 bits per heavy atom. The normalized spacial score (nSPS) is 15.3. The van der Waals surface area contributed by atoms with Crippen molar-refractivity contribution in [1.29, 1.82) is 0 Å². The number of amides is 1. The SMILES string of the molecule is O=C(c1cc(F)ccc1-n1cnnn1)N1CCN(S(=O)(=O)c2ccc(F)cc2)CC1. The molecule has 0 bridgehead atoms. The van der Waals surface area contributed by atoms with E-state index in [1.165, 1.54) is 44.5 Å². The average molecular weight is 434 g/mol. The molecule has 2 heterocycles. The molecule has 0 unspecified atom stereocenters. The average Bonchev–Trinajstić information content (AvgIpc) is 3.28. The summed E-state index contributed by atoms with van der Waals surface area (Å²) in [4.78, 5) is 14.4. The minimum atomic E-state index is -3.80. The van der Waals surface area contributed by atoms with Gasteiger partial charge in [0.05, 0.1) is 16.1 Å². The highest BCUT2D eigenvalue weighted by molar-refractivity contribution is 7.89. The molecule has 0 saturated carbocycles. The Labute approximate surface area is 170 Å². The van der Waals surface area contributed by atoms with E-state index in [2.05, 4.69) is 15.5 Å². The highest BCUT2D eigenvalue weighted by atomic mass is 32.2. The van der Waals surface area contributed by atoms with Gasteiger partial charge in [0, 0.05) is 26.2 Å². The number of tetrazole rings is 1. The standard InChI is InChI=1S/C18H16F2N6O3S/c19-13-1-4-15(5-2-13)30(28,29)25-9-7-24(8-10-25)18(27)16-11-14(20)3-6-17(16)26-12-21-22-23-26/h1-6,11-12H,7-10H2. The predicted octanol–water partition coefficient (Wildman–Crippen LogP) is 1.09. The first-order chi connectivity index (χ1) is 14.4. The van der Waals surface area contributed by atoms with Crippen LogP contribution in [0, 0.1) is 11.6 Å². The van der Waals surface area contributed by atoms with Crippen molar-refractivity contribution in [3.8, 4) is 5.69 Å². The zero-order valence-corrected chi connectivity index (χ0v) is 16.3. The maximum absolute atomic E-state index is 13.8. The number of benzene rings is 2. The molecule has 1 fully saturated rings. The number of carbonyl (C=O) groups excluding carboxylic acids is 1. The van der Waals surface area contributed by atoms with Gasteiger partial charge < -0.3 is 4.90 Å². The molecule has 9 nitrogen and oxygen atoms in total. The molecule has 1 aliphatic rings. The summed E-state index contributed by atoms with van der Waals surface area (Å²) in [5.41, 5.74) is 0.380. The molecule has 0 radical (unpaired) electrons. The van der Waals surface area contributed by atoms with Crippen LogP contribution in [-0.4, -0.2) is 69.9 Å². The van der Waals surface area contributed by atoms with Gasteiger partial charge in [0.25, 0.3) is 5.91 Å². The van der Waals surface area contributed by atoms with Gasteiger partial charge in [-0.3, -0.25) is 4.79 Å². The topological polar surface area (TPSA) is 101 Å². The maximum Gasteiger partial charge on any atom is 0.256 e. The molecule has 12 heteroatoms. The molecule has 1 aromatic heterocycles. The summed E-state index contributed by atoms with van der Waals surface area (Å²) in [5, 5.41) is 10.8. The van der Waals surface area contributed by atoms with Crippen molar-refractivity contribution in [2.75, 3.05) is 26.2 Å². The lowest BCUT2D eigenvalue weighted by Gasteiger charge is -2.34. The molecule has 3 aromatic rings. The van der Waals surface area contributed by atoms with Gasteiger partial charge in [-0.05, 0) is 52.9 Å². The quantitative estimate of drug-likeness (QED) is 0.609. The van der Waals surface area contributed by atoms with Crippen molar-refractivity contribution in [3.63, 3.8) is 0 Å². The van der Waals surface area contributed by atoms with Crippen LogP contribution >= 0.6 is 0 Å². The van der Waals surface area contributed by atoms with Crippen LogP contribution in [0.2, 0.25) is 0 Å². The van der Waals surface area contributed by atoms with Crippen LogP contribution in [0.1, 0.15) is 10.4 Å². The summed E-state index contributed by atoms with van der Waals surface area (Å²) < 4.78 is 54.8. The molecule has 1 amide bonds. The second-order valence-electron chi connectivity index (χ2n) is 6.57. The molecule has 30 heavy (non-hydrogen) atoms. The largest absolute Gasteiger partial charge is 0.336 e. The van der Waals surface area contributed by atoms with Gasteiger partial charge in [-0.15, -0.1) is 5.10 Å². The van der Waals surface area contributed by atoms with Crippen LogP contribution in [0.5, 0.6) is 0 Å². The molecular weight excluding hydrogens is 418 g/mol. The van der Waals surface area contributed by atoms with Crippen LogP contribution in [0.4, 0.5) is 8.78 Å². The highest BCUT2D eigenvalue weighted by Gasteiger charge is 2.31. The fourth-order valence-corrected chi connectivity index (χ4v) is 4.63. The highest BCUT2D eigenvalue weighted by Crippen LogP contribution is 2.21. The van der Waals surface area contributed by atoms with Crippen LogP contribution in [0.25, 0.3) is 5.69 Å². The minimum Gasteiger partial charge on any atom is -0.336 e. The van der Waals surface area contributed by atoms with Gasteiger partial charge >= 0.3 is 0 Å². The molecule has 0 N–H and O–H groups in total. The van der Waals surface area contributed by atoms with E-state index in [4.69, 9.17) is 0 Å². The van der Waals surface area contributed by atoms with E-state index in [9.17, 15) is 22.0 Å². The number of sulfonamides is 1. The van der Waals surface area contributed by atoms with Crippen molar-refractivity contribution >= 4 is 15.9 Å². The van der Waals surface area contributed by atoms with Crippen molar-refractivity contribution in [2.24, 2.45) is 0 Å². The lowest BCUT2D eigenvalue weighted by molar-refractivity contribution is 0.0697. The first-order valence-corrected chi connectivity index (χ1v) is 10.4. The molecular formula is C18H16F2N6O3S. The molecule has 156 valence electrons. The number of nitrogens with zero attached hydrogens (tertiary/aromatic N) is 6. The van der Waals surface area contributed by atoms with E-state index in [-0.39, 0.29) is 36.6 Å². The maximum atomic E-state index is 13.8. The van der Waals surface area contributed by atoms with E-state index < -0.39 is 27.6 Å². The third kappa shape index (κ3) is 3.78. The summed E-state index contributed by atoms with van der Waals surface area (Å²) in [6.45, 7) is 0.345. The van der Waals surface area contributed by atoms with Crippen LogP contribution in [0.3, 0.4) is 0 Å². The lowest BCUT2D eigenvalue weighted by atomic mass is 10.1. The Morgan fingerprint density at radius 3 is 2.23 bits per heavy atom. The monoisotopic (exact) mass is 434 g/mol. The Bertz CT molecular complexity index is 1160. The minimum absolute atomic E-state index is 0.0187. The Morgan fingerprint density at radius 1 is 0.933 bits per heavy atom. The zero-order chi connectivity index (χ0) is 21.3. The summed E-state index contributed by atoms with van der Waals surface area (Å²) >= 11 is 0. The van der Waals surface area contributed by atoms with Crippen molar-refractivity contribution in [2.45, 2.75) is 4.90 Å². The van der Waals surface area contributed by atoms with E-state index in [0.717, 1.165) is 18.2 Å². The fourth-order valence-electron chi connectivity index (χ4n) is 3.21. The number of rotatable bonds is 4. The van der Waals surface area contributed by atoms with Gasteiger partial charge in [-0.1, -0.05) is 0 Å². The summed E-state index contributed by atoms with van der Waals surface area (Å²) in [6.07, 6.45) is 1.29. The summed E-state index contributed by atoms with van der Waals surface area (Å²) in [5.74, 6) is -1.58. The van der Waals surface area contributed by atoms with Gasteiger partial charge in [0.15, 0.2) is 0 Å². The molecule has 1 saturated heterocycles. The van der Waals surface area contributed by atoms with E-state index in [1.54, 1.807) is 0 Å². The number of halogens is 2. The van der Waals surface area contributed by atoms with Crippen molar-refractivity contribution in [3.05, 3.63) is 66.0 Å². The van der Waals surface area contributed by atoms with E-state index in [0.29, 0.717) is 5.69 Å². The van der Waals surface area contributed by atoms with Crippen LogP contribution in [0.15, 0.2) is 53.7 Å². The second-order valence-corrected chi connectivity index (χ2v) is 8.50. The molecule has 1 aliphatic heterocycles.